The van der Waals surface area contributed by atoms with Crippen molar-refractivity contribution in [3.05, 3.63) is 53.2 Å². The van der Waals surface area contributed by atoms with E-state index in [1.54, 1.807) is 24.3 Å². The van der Waals surface area contributed by atoms with Crippen LogP contribution in [0.2, 0.25) is 5.02 Å². The Kier molecular flexibility index (Phi) is 7.00. The average molecular weight is 403 g/mol. The van der Waals surface area contributed by atoms with E-state index in [0.717, 1.165) is 0 Å². The normalized spacial score (nSPS) is 11.0. The molecular weight excluding hydrogens is 389 g/mol. The van der Waals surface area contributed by atoms with Crippen molar-refractivity contribution in [3.63, 3.8) is 0 Å². The summed E-state index contributed by atoms with van der Waals surface area (Å²) in [4.78, 5) is 26.7. The molecular formula is C17H14ClF3N2O4. The second-order valence-electron chi connectivity index (χ2n) is 5.17. The number of hydrogen-bond donors (Lipinski definition) is 1. The summed E-state index contributed by atoms with van der Waals surface area (Å²) in [5, 5.41) is 1.78. The van der Waals surface area contributed by atoms with Crippen LogP contribution >= 0.6 is 11.6 Å². The van der Waals surface area contributed by atoms with Crippen LogP contribution in [0.3, 0.4) is 0 Å². The van der Waals surface area contributed by atoms with Crippen LogP contribution in [0.4, 0.5) is 19.0 Å². The van der Waals surface area contributed by atoms with Crippen LogP contribution in [0.1, 0.15) is 12.0 Å². The van der Waals surface area contributed by atoms with E-state index in [1.165, 1.54) is 0 Å². The molecule has 144 valence electrons. The number of carbonyl (C=O) groups is 2. The summed E-state index contributed by atoms with van der Waals surface area (Å²) in [6.07, 6.45) is -4.15. The van der Waals surface area contributed by atoms with Crippen molar-refractivity contribution in [2.75, 3.05) is 18.5 Å². The van der Waals surface area contributed by atoms with Gasteiger partial charge < -0.3 is 14.8 Å². The van der Waals surface area contributed by atoms with Crippen molar-refractivity contribution < 1.29 is 32.2 Å². The standard InChI is InChI=1S/C17H14ClF3N2O4/c18-13-8-11(17(19,20)21)9-22-16(13)23-14(24)10-27-15(25)6-7-26-12-4-2-1-3-5-12/h1-5,8-9H,6-7,10H2,(H,22,23,24). The summed E-state index contributed by atoms with van der Waals surface area (Å²) in [5.74, 6) is -1.14. The number of aromatic nitrogens is 1. The van der Waals surface area contributed by atoms with Gasteiger partial charge in [0.1, 0.15) is 5.75 Å². The van der Waals surface area contributed by atoms with Crippen LogP contribution in [0, 0.1) is 0 Å². The Balaban J connectivity index is 1.75. The van der Waals surface area contributed by atoms with Gasteiger partial charge in [-0.2, -0.15) is 13.2 Å². The van der Waals surface area contributed by atoms with Crippen LogP contribution in [-0.4, -0.2) is 30.1 Å². The lowest BCUT2D eigenvalue weighted by Crippen LogP contribution is -2.22. The lowest BCUT2D eigenvalue weighted by molar-refractivity contribution is -0.147. The molecule has 1 heterocycles. The van der Waals surface area contributed by atoms with Crippen molar-refractivity contribution >= 4 is 29.3 Å². The van der Waals surface area contributed by atoms with Crippen molar-refractivity contribution in [3.8, 4) is 5.75 Å². The predicted molar refractivity (Wildman–Crippen MR) is 90.4 cm³/mol. The number of alkyl halides is 3. The summed E-state index contributed by atoms with van der Waals surface area (Å²) >= 11 is 5.67. The fourth-order valence-electron chi connectivity index (χ4n) is 1.84. The Morgan fingerprint density at radius 1 is 1.19 bits per heavy atom. The molecule has 10 heteroatoms. The summed E-state index contributed by atoms with van der Waals surface area (Å²) in [6.45, 7) is -0.569. The minimum atomic E-state index is -4.60. The van der Waals surface area contributed by atoms with E-state index in [2.05, 4.69) is 10.3 Å². The summed E-state index contributed by atoms with van der Waals surface area (Å²) in [7, 11) is 0. The molecule has 1 amide bonds. The number of halogens is 4. The lowest BCUT2D eigenvalue weighted by Gasteiger charge is -2.10. The highest BCUT2D eigenvalue weighted by Gasteiger charge is 2.31. The Labute approximate surface area is 157 Å². The molecule has 0 saturated carbocycles. The fourth-order valence-corrected chi connectivity index (χ4v) is 2.05. The first-order valence-electron chi connectivity index (χ1n) is 7.62. The van der Waals surface area contributed by atoms with Crippen LogP contribution in [0.15, 0.2) is 42.6 Å². The van der Waals surface area contributed by atoms with Gasteiger partial charge in [-0.3, -0.25) is 9.59 Å². The van der Waals surface area contributed by atoms with E-state index in [9.17, 15) is 22.8 Å². The van der Waals surface area contributed by atoms with E-state index in [-0.39, 0.29) is 23.9 Å². The molecule has 1 aromatic carbocycles. The number of amides is 1. The molecule has 0 fully saturated rings. The van der Waals surface area contributed by atoms with Gasteiger partial charge in [0.15, 0.2) is 12.4 Å². The highest BCUT2D eigenvalue weighted by atomic mass is 35.5. The Morgan fingerprint density at radius 3 is 2.52 bits per heavy atom. The first kappa shape index (κ1) is 20.5. The molecule has 0 saturated heterocycles. The van der Waals surface area contributed by atoms with Gasteiger partial charge in [0.2, 0.25) is 0 Å². The summed E-state index contributed by atoms with van der Waals surface area (Å²) < 4.78 is 47.6. The SMILES string of the molecule is O=C(COC(=O)CCOc1ccccc1)Nc1ncc(C(F)(F)F)cc1Cl. The van der Waals surface area contributed by atoms with Crippen LogP contribution in [0.5, 0.6) is 5.75 Å². The van der Waals surface area contributed by atoms with Crippen molar-refractivity contribution in [1.29, 1.82) is 0 Å². The molecule has 1 aromatic heterocycles. The molecule has 0 aliphatic carbocycles. The van der Waals surface area contributed by atoms with Gasteiger partial charge in [-0.25, -0.2) is 4.98 Å². The third-order valence-electron chi connectivity index (χ3n) is 3.11. The van der Waals surface area contributed by atoms with Gasteiger partial charge in [0.05, 0.1) is 23.6 Å². The largest absolute Gasteiger partial charge is 0.493 e. The zero-order valence-corrected chi connectivity index (χ0v) is 14.5. The second-order valence-corrected chi connectivity index (χ2v) is 5.58. The van der Waals surface area contributed by atoms with Crippen molar-refractivity contribution in [2.24, 2.45) is 0 Å². The predicted octanol–water partition coefficient (Wildman–Crippen LogP) is 3.70. The first-order valence-corrected chi connectivity index (χ1v) is 7.99. The molecule has 27 heavy (non-hydrogen) atoms. The maximum atomic E-state index is 12.5. The molecule has 0 atom stereocenters. The smallest absolute Gasteiger partial charge is 0.417 e. The number of esters is 1. The topological polar surface area (TPSA) is 77.5 Å². The lowest BCUT2D eigenvalue weighted by atomic mass is 10.3. The van der Waals surface area contributed by atoms with E-state index in [1.807, 2.05) is 6.07 Å². The monoisotopic (exact) mass is 402 g/mol. The number of hydrogen-bond acceptors (Lipinski definition) is 5. The molecule has 0 aliphatic rings. The number of anilines is 1. The molecule has 6 nitrogen and oxygen atoms in total. The van der Waals surface area contributed by atoms with Crippen LogP contribution in [-0.2, 0) is 20.5 Å². The third kappa shape index (κ3) is 6.78. The van der Waals surface area contributed by atoms with Gasteiger partial charge in [0, 0.05) is 6.20 Å². The van der Waals surface area contributed by atoms with E-state index < -0.39 is 30.2 Å². The Hall–Kier alpha value is -2.81. The minimum absolute atomic E-state index is 0.0662. The minimum Gasteiger partial charge on any atom is -0.493 e. The van der Waals surface area contributed by atoms with Crippen LogP contribution < -0.4 is 10.1 Å². The quantitative estimate of drug-likeness (QED) is 0.714. The molecule has 0 aliphatic heterocycles. The molecule has 1 N–H and O–H groups in total. The van der Waals surface area contributed by atoms with Gasteiger partial charge in [-0.05, 0) is 18.2 Å². The zero-order chi connectivity index (χ0) is 19.9. The second kappa shape index (κ2) is 9.22. The molecule has 2 rings (SSSR count). The number of nitrogens with one attached hydrogen (secondary N) is 1. The molecule has 0 radical (unpaired) electrons. The van der Waals surface area contributed by atoms with Crippen molar-refractivity contribution in [1.82, 2.24) is 4.98 Å². The van der Waals surface area contributed by atoms with Gasteiger partial charge in [0.25, 0.3) is 5.91 Å². The number of para-hydroxylation sites is 1. The molecule has 0 unspecified atom stereocenters. The maximum Gasteiger partial charge on any atom is 0.417 e. The fraction of sp³-hybridized carbons (Fsp3) is 0.235. The number of pyridine rings is 1. The highest BCUT2D eigenvalue weighted by Crippen LogP contribution is 2.32. The van der Waals surface area contributed by atoms with E-state index in [4.69, 9.17) is 21.1 Å². The maximum absolute atomic E-state index is 12.5. The zero-order valence-electron chi connectivity index (χ0n) is 13.8. The number of benzene rings is 1. The van der Waals surface area contributed by atoms with Gasteiger partial charge in [-0.1, -0.05) is 29.8 Å². The Bertz CT molecular complexity index is 801. The first-order chi connectivity index (χ1) is 12.8. The highest BCUT2D eigenvalue weighted by molar-refractivity contribution is 6.33. The summed E-state index contributed by atoms with van der Waals surface area (Å²) in [5.41, 5.74) is -1.05. The van der Waals surface area contributed by atoms with Crippen LogP contribution in [0.25, 0.3) is 0 Å². The average Bonchev–Trinajstić information content (AvgIpc) is 2.62. The third-order valence-corrected chi connectivity index (χ3v) is 3.40. The van der Waals surface area contributed by atoms with E-state index in [0.29, 0.717) is 18.0 Å². The number of carbonyl (C=O) groups excluding carboxylic acids is 2. The van der Waals surface area contributed by atoms with Gasteiger partial charge in [-0.15, -0.1) is 0 Å². The molecule has 0 spiro atoms. The molecule has 0 bridgehead atoms. The summed E-state index contributed by atoms with van der Waals surface area (Å²) in [6, 6.07) is 9.45. The number of rotatable bonds is 7. The number of nitrogens with zero attached hydrogens (tertiary/aromatic N) is 1. The van der Waals surface area contributed by atoms with E-state index >= 15 is 0 Å². The number of ether oxygens (including phenoxy) is 2. The molecule has 2 aromatic rings. The van der Waals surface area contributed by atoms with Crippen molar-refractivity contribution in [2.45, 2.75) is 12.6 Å². The Morgan fingerprint density at radius 2 is 1.89 bits per heavy atom. The van der Waals surface area contributed by atoms with Gasteiger partial charge >= 0.3 is 12.1 Å².